The number of hydrogen-bond donors (Lipinski definition) is 0. The van der Waals surface area contributed by atoms with Crippen molar-refractivity contribution in [3.63, 3.8) is 0 Å². The van der Waals surface area contributed by atoms with Gasteiger partial charge in [0.1, 0.15) is 10.6 Å². The number of amides is 1. The molecule has 0 radical (unpaired) electrons. The maximum Gasteiger partial charge on any atom is 0.297 e. The maximum absolute atomic E-state index is 13.8. The van der Waals surface area contributed by atoms with E-state index < -0.39 is 11.9 Å². The van der Waals surface area contributed by atoms with Gasteiger partial charge in [-0.2, -0.15) is 0 Å². The molecule has 2 aromatic heterocycles. The van der Waals surface area contributed by atoms with Crippen molar-refractivity contribution in [2.24, 2.45) is 0 Å². The quantitative estimate of drug-likeness (QED) is 0.334. The Hall–Kier alpha value is -3.44. The van der Waals surface area contributed by atoms with Crippen molar-refractivity contribution in [2.75, 3.05) is 26.2 Å². The van der Waals surface area contributed by atoms with Gasteiger partial charge in [-0.05, 0) is 42.3 Å². The second-order valence-corrected chi connectivity index (χ2v) is 9.64. The summed E-state index contributed by atoms with van der Waals surface area (Å²) < 4.78 is 23.2. The molecule has 9 nitrogen and oxygen atoms in total. The van der Waals surface area contributed by atoms with Crippen LogP contribution >= 0.6 is 27.3 Å². The van der Waals surface area contributed by atoms with Crippen molar-refractivity contribution < 1.29 is 23.4 Å². The van der Waals surface area contributed by atoms with E-state index in [0.29, 0.717) is 45.3 Å². The summed E-state index contributed by atoms with van der Waals surface area (Å²) in [4.78, 5) is 28.9. The zero-order valence-electron chi connectivity index (χ0n) is 19.2. The molecule has 0 fully saturated rings. The smallest absolute Gasteiger partial charge is 0.297 e. The number of aromatic nitrogens is 2. The molecule has 5 rings (SSSR count). The van der Waals surface area contributed by atoms with Crippen LogP contribution in [0.3, 0.4) is 0 Å². The molecule has 0 saturated carbocycles. The Morgan fingerprint density at radius 2 is 1.77 bits per heavy atom. The average Bonchev–Trinajstić information content (AvgIpc) is 3.46. The van der Waals surface area contributed by atoms with Crippen molar-refractivity contribution in [3.05, 3.63) is 66.9 Å². The van der Waals surface area contributed by atoms with Gasteiger partial charge in [0.25, 0.3) is 5.91 Å². The van der Waals surface area contributed by atoms with Gasteiger partial charge in [-0.25, -0.2) is 0 Å². The van der Waals surface area contributed by atoms with Crippen LogP contribution in [0.25, 0.3) is 11.0 Å². The van der Waals surface area contributed by atoms with Gasteiger partial charge >= 0.3 is 0 Å². The first-order chi connectivity index (χ1) is 16.9. The number of carbonyl (C=O) groups is 1. The molecule has 1 atom stereocenters. The number of nitrogens with zero attached hydrogens (tertiary/aromatic N) is 3. The van der Waals surface area contributed by atoms with Gasteiger partial charge in [-0.3, -0.25) is 14.5 Å². The van der Waals surface area contributed by atoms with Gasteiger partial charge in [-0.15, -0.1) is 10.2 Å². The number of carbonyl (C=O) groups excluding carboxylic acids is 1. The number of fused-ring (bicyclic) bond motifs is 2. The first kappa shape index (κ1) is 23.3. The number of halogens is 1. The lowest BCUT2D eigenvalue weighted by Gasteiger charge is -2.24. The highest BCUT2D eigenvalue weighted by Crippen LogP contribution is 2.46. The maximum atomic E-state index is 13.8. The third-order valence-corrected chi connectivity index (χ3v) is 7.36. The minimum Gasteiger partial charge on any atom is -0.493 e. The Labute approximate surface area is 212 Å². The number of aryl methyl sites for hydroxylation is 1. The first-order valence-corrected chi connectivity index (χ1v) is 12.2. The van der Waals surface area contributed by atoms with E-state index in [9.17, 15) is 9.59 Å². The van der Waals surface area contributed by atoms with E-state index in [1.807, 2.05) is 6.92 Å². The fraction of sp³-hybridized carbons (Fsp3) is 0.250. The molecule has 35 heavy (non-hydrogen) atoms. The summed E-state index contributed by atoms with van der Waals surface area (Å²) >= 11 is 4.70. The highest BCUT2D eigenvalue weighted by molar-refractivity contribution is 9.10. The molecule has 1 amide bonds. The van der Waals surface area contributed by atoms with Crippen LogP contribution in [0.1, 0.15) is 39.7 Å². The predicted molar refractivity (Wildman–Crippen MR) is 134 cm³/mol. The van der Waals surface area contributed by atoms with Crippen LogP contribution in [-0.4, -0.2) is 37.4 Å². The van der Waals surface area contributed by atoms with Crippen molar-refractivity contribution in [1.29, 1.82) is 0 Å². The van der Waals surface area contributed by atoms with E-state index in [-0.39, 0.29) is 16.8 Å². The van der Waals surface area contributed by atoms with E-state index in [2.05, 4.69) is 26.1 Å². The molecule has 0 N–H and O–H groups in total. The van der Waals surface area contributed by atoms with Crippen LogP contribution in [0.5, 0.6) is 17.2 Å². The van der Waals surface area contributed by atoms with Crippen molar-refractivity contribution in [2.45, 2.75) is 19.4 Å². The average molecular weight is 558 g/mol. The molecule has 0 bridgehead atoms. The Morgan fingerprint density at radius 1 is 1.06 bits per heavy atom. The van der Waals surface area contributed by atoms with E-state index in [1.54, 1.807) is 30.3 Å². The summed E-state index contributed by atoms with van der Waals surface area (Å²) in [6, 6.07) is 7.68. The third kappa shape index (κ3) is 3.66. The lowest BCUT2D eigenvalue weighted by atomic mass is 9.98. The van der Waals surface area contributed by atoms with Gasteiger partial charge in [0.05, 0.1) is 38.3 Å². The molecule has 4 aromatic rings. The van der Waals surface area contributed by atoms with Crippen LogP contribution in [0.2, 0.25) is 0 Å². The lowest BCUT2D eigenvalue weighted by Crippen LogP contribution is -2.29. The Kier molecular flexibility index (Phi) is 5.97. The second-order valence-electron chi connectivity index (χ2n) is 7.68. The standard InChI is InChI=1S/C24H20BrN3O6S/c1-5-17-26-27-24(35-17)28-19(11-8-15(31-2)21(33-4)16(9-11)32-3)18-20(29)13-10-12(25)6-7-14(13)34-22(18)23(28)30/h6-10,19H,5H2,1-4H3. The minimum absolute atomic E-state index is 0.0307. The molecular formula is C24H20BrN3O6S. The van der Waals surface area contributed by atoms with Crippen LogP contribution in [0.15, 0.2) is 44.0 Å². The number of anilines is 1. The fourth-order valence-corrected chi connectivity index (χ4v) is 5.37. The molecule has 0 spiro atoms. The Morgan fingerprint density at radius 3 is 2.37 bits per heavy atom. The molecule has 0 aliphatic carbocycles. The highest BCUT2D eigenvalue weighted by Gasteiger charge is 2.45. The van der Waals surface area contributed by atoms with Gasteiger partial charge in [0, 0.05) is 4.47 Å². The second kappa shape index (κ2) is 8.97. The number of rotatable bonds is 6. The van der Waals surface area contributed by atoms with E-state index in [4.69, 9.17) is 18.6 Å². The van der Waals surface area contributed by atoms with Crippen LogP contribution in [-0.2, 0) is 6.42 Å². The zero-order valence-corrected chi connectivity index (χ0v) is 21.7. The predicted octanol–water partition coefficient (Wildman–Crippen LogP) is 4.75. The Bertz CT molecular complexity index is 1510. The highest BCUT2D eigenvalue weighted by atomic mass is 79.9. The first-order valence-electron chi connectivity index (χ1n) is 10.6. The molecule has 3 heterocycles. The topological polar surface area (TPSA) is 104 Å². The molecule has 1 aliphatic heterocycles. The molecule has 1 aliphatic rings. The van der Waals surface area contributed by atoms with Crippen molar-refractivity contribution in [3.8, 4) is 17.2 Å². The van der Waals surface area contributed by atoms with Gasteiger partial charge < -0.3 is 18.6 Å². The minimum atomic E-state index is -0.844. The summed E-state index contributed by atoms with van der Waals surface area (Å²) in [5.74, 6) is 0.675. The summed E-state index contributed by atoms with van der Waals surface area (Å²) in [6.45, 7) is 1.96. The lowest BCUT2D eigenvalue weighted by molar-refractivity contribution is 0.0970. The molecule has 180 valence electrons. The SMILES string of the molecule is CCc1nnc(N2C(=O)c3oc4ccc(Br)cc4c(=O)c3C2c2cc(OC)c(OC)c(OC)c2)s1. The van der Waals surface area contributed by atoms with E-state index in [0.717, 1.165) is 9.48 Å². The number of hydrogen-bond acceptors (Lipinski definition) is 9. The van der Waals surface area contributed by atoms with Gasteiger partial charge in [0.2, 0.25) is 16.6 Å². The molecule has 11 heteroatoms. The Balaban J connectivity index is 1.83. The van der Waals surface area contributed by atoms with E-state index >= 15 is 0 Å². The molecule has 0 saturated heterocycles. The van der Waals surface area contributed by atoms with E-state index in [1.165, 1.54) is 37.6 Å². The van der Waals surface area contributed by atoms with Crippen molar-refractivity contribution >= 4 is 49.3 Å². The summed E-state index contributed by atoms with van der Waals surface area (Å²) in [5, 5.41) is 9.91. The van der Waals surface area contributed by atoms with Gasteiger partial charge in [-0.1, -0.05) is 34.2 Å². The molecule has 2 aromatic carbocycles. The third-order valence-electron chi connectivity index (χ3n) is 5.80. The van der Waals surface area contributed by atoms with Crippen LogP contribution in [0.4, 0.5) is 5.13 Å². The number of benzene rings is 2. The van der Waals surface area contributed by atoms with Gasteiger partial charge in [0.15, 0.2) is 16.9 Å². The monoisotopic (exact) mass is 557 g/mol. The zero-order chi connectivity index (χ0) is 24.9. The van der Waals surface area contributed by atoms with Crippen molar-refractivity contribution in [1.82, 2.24) is 10.2 Å². The molecule has 1 unspecified atom stereocenters. The fourth-order valence-electron chi connectivity index (χ4n) is 4.20. The normalized spacial score (nSPS) is 14.9. The summed E-state index contributed by atoms with van der Waals surface area (Å²) in [6.07, 6.45) is 0.663. The summed E-state index contributed by atoms with van der Waals surface area (Å²) in [5.41, 5.74) is 0.796. The summed E-state index contributed by atoms with van der Waals surface area (Å²) in [7, 11) is 4.52. The largest absolute Gasteiger partial charge is 0.493 e. The number of methoxy groups -OCH3 is 3. The number of ether oxygens (including phenoxy) is 3. The van der Waals surface area contributed by atoms with Crippen LogP contribution < -0.4 is 24.5 Å². The molecular weight excluding hydrogens is 538 g/mol. The van der Waals surface area contributed by atoms with Crippen LogP contribution in [0, 0.1) is 0 Å².